The highest BCUT2D eigenvalue weighted by Crippen LogP contribution is 2.32. The van der Waals surface area contributed by atoms with E-state index in [1.165, 1.54) is 12.8 Å². The standard InChI is InChI=1S/C24H30N4O2/c1-17(23-9-8-21(29-3)13-26-23)10-12-30-24-22(14-25-18(2)27-24)20-5-4-11-28(16-20)15-19-6-7-19/h4-5,8-9,13-14,16-17,19H,6-7,10-12,15H2,1-3H3/t17-/m1/s1. The summed E-state index contributed by atoms with van der Waals surface area (Å²) in [6, 6.07) is 3.96. The SMILES string of the molecule is COc1ccc([C@H](C)CCOc2nc(C)ncc2C2=CN(CC3CC3)CC=C2)nc1. The van der Waals surface area contributed by atoms with Gasteiger partial charge in [0.2, 0.25) is 5.88 Å². The Morgan fingerprint density at radius 1 is 1.20 bits per heavy atom. The number of aryl methyl sites for hydroxylation is 1. The predicted octanol–water partition coefficient (Wildman–Crippen LogP) is 4.38. The van der Waals surface area contributed by atoms with Crippen molar-refractivity contribution in [3.05, 3.63) is 60.0 Å². The molecule has 2 aliphatic rings. The van der Waals surface area contributed by atoms with E-state index in [1.807, 2.05) is 25.3 Å². The molecule has 0 radical (unpaired) electrons. The zero-order valence-electron chi connectivity index (χ0n) is 18.0. The van der Waals surface area contributed by atoms with Gasteiger partial charge in [0.05, 0.1) is 25.5 Å². The molecule has 6 heteroatoms. The van der Waals surface area contributed by atoms with Crippen molar-refractivity contribution in [3.8, 4) is 11.6 Å². The number of rotatable bonds is 9. The minimum Gasteiger partial charge on any atom is -0.495 e. The molecule has 1 fully saturated rings. The second kappa shape index (κ2) is 9.28. The van der Waals surface area contributed by atoms with Gasteiger partial charge in [-0.3, -0.25) is 4.98 Å². The molecule has 2 aromatic heterocycles. The van der Waals surface area contributed by atoms with Crippen LogP contribution in [-0.4, -0.2) is 46.7 Å². The molecule has 0 saturated heterocycles. The molecule has 0 aromatic carbocycles. The number of methoxy groups -OCH3 is 1. The maximum atomic E-state index is 6.14. The molecule has 0 N–H and O–H groups in total. The summed E-state index contributed by atoms with van der Waals surface area (Å²) in [6.07, 6.45) is 13.8. The summed E-state index contributed by atoms with van der Waals surface area (Å²) >= 11 is 0. The third-order valence-corrected chi connectivity index (χ3v) is 5.62. The van der Waals surface area contributed by atoms with E-state index >= 15 is 0 Å². The van der Waals surface area contributed by atoms with Crippen LogP contribution in [0.3, 0.4) is 0 Å². The first-order valence-electron chi connectivity index (χ1n) is 10.7. The lowest BCUT2D eigenvalue weighted by molar-refractivity contribution is 0.287. The lowest BCUT2D eigenvalue weighted by atomic mass is 10.0. The zero-order chi connectivity index (χ0) is 20.9. The molecule has 0 unspecified atom stereocenters. The third-order valence-electron chi connectivity index (χ3n) is 5.62. The molecule has 1 aliphatic carbocycles. The summed E-state index contributed by atoms with van der Waals surface area (Å²) in [5, 5.41) is 0. The molecular formula is C24H30N4O2. The molecule has 1 atom stereocenters. The number of allylic oxidation sites excluding steroid dienone is 2. The lowest BCUT2D eigenvalue weighted by Gasteiger charge is -2.23. The van der Waals surface area contributed by atoms with Crippen LogP contribution in [0.5, 0.6) is 11.6 Å². The van der Waals surface area contributed by atoms with Crippen LogP contribution in [0.15, 0.2) is 42.9 Å². The van der Waals surface area contributed by atoms with Crippen molar-refractivity contribution >= 4 is 5.57 Å². The van der Waals surface area contributed by atoms with E-state index in [4.69, 9.17) is 9.47 Å². The summed E-state index contributed by atoms with van der Waals surface area (Å²) in [5.41, 5.74) is 3.10. The Labute approximate surface area is 178 Å². The third kappa shape index (κ3) is 5.17. The maximum Gasteiger partial charge on any atom is 0.224 e. The van der Waals surface area contributed by atoms with Crippen LogP contribution >= 0.6 is 0 Å². The summed E-state index contributed by atoms with van der Waals surface area (Å²) < 4.78 is 11.3. The molecule has 6 nitrogen and oxygen atoms in total. The summed E-state index contributed by atoms with van der Waals surface area (Å²) in [7, 11) is 1.65. The van der Waals surface area contributed by atoms with Crippen LogP contribution < -0.4 is 9.47 Å². The number of hydrogen-bond acceptors (Lipinski definition) is 6. The number of nitrogens with zero attached hydrogens (tertiary/aromatic N) is 4. The highest BCUT2D eigenvalue weighted by molar-refractivity contribution is 5.76. The fraction of sp³-hybridized carbons (Fsp3) is 0.458. The van der Waals surface area contributed by atoms with Crippen molar-refractivity contribution in [2.24, 2.45) is 5.92 Å². The highest BCUT2D eigenvalue weighted by atomic mass is 16.5. The number of aromatic nitrogens is 3. The smallest absolute Gasteiger partial charge is 0.224 e. The first-order valence-corrected chi connectivity index (χ1v) is 10.7. The molecule has 2 aromatic rings. The van der Waals surface area contributed by atoms with Crippen LogP contribution in [0.2, 0.25) is 0 Å². The second-order valence-corrected chi connectivity index (χ2v) is 8.18. The van der Waals surface area contributed by atoms with E-state index in [9.17, 15) is 0 Å². The van der Waals surface area contributed by atoms with E-state index in [1.54, 1.807) is 13.3 Å². The number of hydrogen-bond donors (Lipinski definition) is 0. The average Bonchev–Trinajstić information content (AvgIpc) is 3.58. The Hall–Kier alpha value is -2.89. The van der Waals surface area contributed by atoms with Crippen LogP contribution in [-0.2, 0) is 0 Å². The van der Waals surface area contributed by atoms with Crippen LogP contribution in [0.1, 0.15) is 49.2 Å². The van der Waals surface area contributed by atoms with Crippen LogP contribution in [0.4, 0.5) is 0 Å². The summed E-state index contributed by atoms with van der Waals surface area (Å²) in [6.45, 7) is 6.72. The minimum atomic E-state index is 0.283. The van der Waals surface area contributed by atoms with Crippen LogP contribution in [0.25, 0.3) is 5.57 Å². The summed E-state index contributed by atoms with van der Waals surface area (Å²) in [5.74, 6) is 3.28. The van der Waals surface area contributed by atoms with Crippen molar-refractivity contribution in [1.82, 2.24) is 19.9 Å². The fourth-order valence-electron chi connectivity index (χ4n) is 3.57. The van der Waals surface area contributed by atoms with Gasteiger partial charge >= 0.3 is 0 Å². The van der Waals surface area contributed by atoms with Gasteiger partial charge < -0.3 is 14.4 Å². The van der Waals surface area contributed by atoms with Gasteiger partial charge in [0.15, 0.2) is 0 Å². The highest BCUT2D eigenvalue weighted by Gasteiger charge is 2.24. The lowest BCUT2D eigenvalue weighted by Crippen LogP contribution is -2.22. The van der Waals surface area contributed by atoms with Crippen molar-refractivity contribution in [2.45, 2.75) is 39.0 Å². The molecule has 0 bridgehead atoms. The van der Waals surface area contributed by atoms with E-state index in [-0.39, 0.29) is 5.92 Å². The molecule has 158 valence electrons. The molecule has 4 rings (SSSR count). The predicted molar refractivity (Wildman–Crippen MR) is 117 cm³/mol. The average molecular weight is 407 g/mol. The molecule has 0 spiro atoms. The maximum absolute atomic E-state index is 6.14. The van der Waals surface area contributed by atoms with E-state index in [0.717, 1.165) is 48.0 Å². The van der Waals surface area contributed by atoms with Crippen molar-refractivity contribution in [3.63, 3.8) is 0 Å². The Morgan fingerprint density at radius 2 is 2.07 bits per heavy atom. The van der Waals surface area contributed by atoms with Gasteiger partial charge in [0, 0.05) is 42.7 Å². The quantitative estimate of drug-likeness (QED) is 0.616. The topological polar surface area (TPSA) is 60.4 Å². The summed E-state index contributed by atoms with van der Waals surface area (Å²) in [4.78, 5) is 15.9. The van der Waals surface area contributed by atoms with Gasteiger partial charge in [-0.25, -0.2) is 4.98 Å². The minimum absolute atomic E-state index is 0.283. The largest absolute Gasteiger partial charge is 0.495 e. The second-order valence-electron chi connectivity index (χ2n) is 8.18. The van der Waals surface area contributed by atoms with Gasteiger partial charge in [-0.05, 0) is 44.2 Å². The van der Waals surface area contributed by atoms with Crippen molar-refractivity contribution in [2.75, 3.05) is 26.8 Å². The number of ether oxygens (including phenoxy) is 2. The van der Waals surface area contributed by atoms with Gasteiger partial charge in [0.25, 0.3) is 0 Å². The zero-order valence-corrected chi connectivity index (χ0v) is 18.0. The van der Waals surface area contributed by atoms with Gasteiger partial charge in [0.1, 0.15) is 11.6 Å². The normalized spacial score (nSPS) is 16.9. The molecule has 3 heterocycles. The molecular weight excluding hydrogens is 376 g/mol. The van der Waals surface area contributed by atoms with E-state index < -0.39 is 0 Å². The fourth-order valence-corrected chi connectivity index (χ4v) is 3.57. The Morgan fingerprint density at radius 3 is 2.80 bits per heavy atom. The first-order chi connectivity index (χ1) is 14.6. The first kappa shape index (κ1) is 20.4. The number of pyridine rings is 1. The Balaban J connectivity index is 1.41. The molecule has 0 amide bonds. The molecule has 30 heavy (non-hydrogen) atoms. The van der Waals surface area contributed by atoms with Gasteiger partial charge in [-0.15, -0.1) is 0 Å². The van der Waals surface area contributed by atoms with E-state index in [0.29, 0.717) is 18.3 Å². The van der Waals surface area contributed by atoms with Crippen molar-refractivity contribution < 1.29 is 9.47 Å². The van der Waals surface area contributed by atoms with E-state index in [2.05, 4.69) is 45.1 Å². The molecule has 1 aliphatic heterocycles. The van der Waals surface area contributed by atoms with Gasteiger partial charge in [-0.1, -0.05) is 19.1 Å². The monoisotopic (exact) mass is 406 g/mol. The molecule has 1 saturated carbocycles. The Bertz CT molecular complexity index is 919. The Kier molecular flexibility index (Phi) is 6.31. The van der Waals surface area contributed by atoms with Crippen LogP contribution in [0, 0.1) is 12.8 Å². The van der Waals surface area contributed by atoms with Crippen molar-refractivity contribution in [1.29, 1.82) is 0 Å². The van der Waals surface area contributed by atoms with Gasteiger partial charge in [-0.2, -0.15) is 4.98 Å².